The Hall–Kier alpha value is -4.13. The Labute approximate surface area is 340 Å². The molecule has 0 aromatic heterocycles. The number of hydrogen-bond donors (Lipinski definition) is 1. The van der Waals surface area contributed by atoms with Gasteiger partial charge in [-0.15, -0.1) is 0 Å². The fourth-order valence-electron chi connectivity index (χ4n) is 7.72. The van der Waals surface area contributed by atoms with Gasteiger partial charge in [0.25, 0.3) is 11.9 Å². The van der Waals surface area contributed by atoms with Crippen LogP contribution in [0.15, 0.2) is 60.7 Å². The zero-order valence-electron chi connectivity index (χ0n) is 33.1. The molecule has 1 N–H and O–H groups in total. The van der Waals surface area contributed by atoms with Crippen LogP contribution < -0.4 is 4.74 Å². The summed E-state index contributed by atoms with van der Waals surface area (Å²) in [5, 5.41) is 9.97. The first-order chi connectivity index (χ1) is 27.6. The average Bonchev–Trinajstić information content (AvgIpc) is 3.26. The third kappa shape index (κ3) is 12.4. The second-order valence-electron chi connectivity index (χ2n) is 15.0. The summed E-state index contributed by atoms with van der Waals surface area (Å²) in [4.78, 5) is 44.8. The summed E-state index contributed by atoms with van der Waals surface area (Å²) in [5.41, 5.74) is 7.73. The van der Waals surface area contributed by atoms with Crippen molar-refractivity contribution in [1.29, 1.82) is 0 Å². The average molecular weight is 801 g/mol. The van der Waals surface area contributed by atoms with Gasteiger partial charge >= 0.3 is 21.2 Å². The van der Waals surface area contributed by atoms with Gasteiger partial charge in [0, 0.05) is 57.9 Å². The Bertz CT molecular complexity index is 1830. The third-order valence-electron chi connectivity index (χ3n) is 11.0. The van der Waals surface area contributed by atoms with E-state index in [1.54, 1.807) is 0 Å². The van der Waals surface area contributed by atoms with Crippen LogP contribution in [0.5, 0.6) is 5.75 Å². The van der Waals surface area contributed by atoms with Crippen LogP contribution in [0.4, 0.5) is 3.52 Å². The van der Waals surface area contributed by atoms with Crippen molar-refractivity contribution in [1.82, 2.24) is 19.6 Å². The van der Waals surface area contributed by atoms with E-state index in [9.17, 15) is 23.0 Å². The van der Waals surface area contributed by atoms with Gasteiger partial charge in [-0.25, -0.2) is 0 Å². The Morgan fingerprint density at radius 2 is 1.53 bits per heavy atom. The minimum absolute atomic E-state index is 0.0607. The highest BCUT2D eigenvalue weighted by molar-refractivity contribution is 6.41. The summed E-state index contributed by atoms with van der Waals surface area (Å²) in [7, 11) is 0. The largest absolute Gasteiger partial charge is 1.15 e. The Balaban J connectivity index is 1.10. The molecule has 0 radical (unpaired) electrons. The summed E-state index contributed by atoms with van der Waals surface area (Å²) in [6, 6.07) is 20.4. The number of carboxylic acid groups (broad SMARTS) is 1. The van der Waals surface area contributed by atoms with E-state index in [1.807, 2.05) is 20.8 Å². The van der Waals surface area contributed by atoms with Crippen molar-refractivity contribution in [2.75, 3.05) is 85.3 Å². The summed E-state index contributed by atoms with van der Waals surface area (Å²) in [6.45, 7) is 10.7. The maximum Gasteiger partial charge on any atom is 1.15 e. The lowest BCUT2D eigenvalue weighted by molar-refractivity contribution is -0.145. The van der Waals surface area contributed by atoms with E-state index < -0.39 is 39.2 Å². The van der Waals surface area contributed by atoms with Crippen molar-refractivity contribution in [2.24, 2.45) is 0 Å². The number of nitrogens with zero attached hydrogens (tertiary/aromatic N) is 4. The maximum atomic E-state index is 14.0. The zero-order chi connectivity index (χ0) is 40.1. The van der Waals surface area contributed by atoms with Crippen LogP contribution in [0.1, 0.15) is 47.1 Å². The number of ether oxygens (including phenoxy) is 2. The molecule has 0 amide bonds. The van der Waals surface area contributed by atoms with Crippen LogP contribution in [0.2, 0.25) is 0 Å². The number of likely N-dealkylation sites (tertiary alicyclic amines) is 1. The first-order valence-electron chi connectivity index (χ1n) is 20.0. The van der Waals surface area contributed by atoms with Gasteiger partial charge in [-0.05, 0) is 72.7 Å². The quantitative estimate of drug-likeness (QED) is 0.143. The van der Waals surface area contributed by atoms with Crippen LogP contribution in [-0.2, 0) is 33.2 Å². The monoisotopic (exact) mass is 800 g/mol. The number of carbonyl (C=O) groups is 3. The molecule has 3 saturated heterocycles. The van der Waals surface area contributed by atoms with Gasteiger partial charge in [0.15, 0.2) is 0 Å². The molecule has 12 nitrogen and oxygen atoms in total. The van der Waals surface area contributed by atoms with Crippen LogP contribution in [0.3, 0.4) is 0 Å². The number of aliphatic carboxylic acids is 1. The summed E-state index contributed by atoms with van der Waals surface area (Å²) in [6.07, 6.45) is 6.75. The summed E-state index contributed by atoms with van der Waals surface area (Å²) in [5.74, 6) is -1.52. The Morgan fingerprint density at radius 1 is 0.842 bits per heavy atom. The second-order valence-corrected chi connectivity index (χ2v) is 16.0. The number of fused-ring (bicyclic) bond motifs is 3. The Kier molecular flexibility index (Phi) is 15.7. The van der Waals surface area contributed by atoms with Crippen molar-refractivity contribution in [3.05, 3.63) is 88.5 Å². The van der Waals surface area contributed by atoms with Gasteiger partial charge < -0.3 is 25.7 Å². The fourth-order valence-corrected chi connectivity index (χ4v) is 8.33. The highest BCUT2D eigenvalue weighted by Crippen LogP contribution is 2.31. The molecule has 3 aliphatic heterocycles. The first-order valence-corrected chi connectivity index (χ1v) is 21.3. The van der Waals surface area contributed by atoms with E-state index in [4.69, 9.17) is 17.1 Å². The van der Waals surface area contributed by atoms with Crippen molar-refractivity contribution in [3.63, 3.8) is 0 Å². The molecular weight excluding hydrogens is 746 g/mol. The molecule has 57 heavy (non-hydrogen) atoms. The van der Waals surface area contributed by atoms with Gasteiger partial charge in [-0.2, -0.15) is 0 Å². The van der Waals surface area contributed by atoms with Gasteiger partial charge in [-0.1, -0.05) is 73.2 Å². The predicted molar refractivity (Wildman–Crippen MR) is 217 cm³/mol. The van der Waals surface area contributed by atoms with Crippen LogP contribution >= 0.6 is 0 Å². The molecule has 0 saturated carbocycles. The molecule has 2 unspecified atom stereocenters. The van der Waals surface area contributed by atoms with Gasteiger partial charge in [0.05, 0.1) is 26.3 Å². The molecule has 0 spiro atoms. The normalized spacial score (nSPS) is 21.6. The van der Waals surface area contributed by atoms with E-state index in [2.05, 4.69) is 85.5 Å². The van der Waals surface area contributed by atoms with Crippen LogP contribution in [-0.4, -0.2) is 149 Å². The predicted octanol–water partition coefficient (Wildman–Crippen LogP) is 4.95. The van der Waals surface area contributed by atoms with Gasteiger partial charge in [0.2, 0.25) is 0 Å². The van der Waals surface area contributed by atoms with E-state index >= 15 is 0 Å². The number of aryl methyl sites for hydroxylation is 1. The number of piperidine rings is 1. The topological polar surface area (TPSA) is 121 Å². The smallest absolute Gasteiger partial charge is 0.558 e. The molecule has 3 heterocycles. The summed E-state index contributed by atoms with van der Waals surface area (Å²) >= 11 is -3.85. The molecule has 304 valence electrons. The van der Waals surface area contributed by atoms with Crippen molar-refractivity contribution < 1.29 is 40.1 Å². The molecule has 6 rings (SSSR count). The first kappa shape index (κ1) is 42.5. The molecule has 3 aliphatic rings. The Morgan fingerprint density at radius 3 is 2.23 bits per heavy atom. The SMILES string of the molecule is Cc1cc(CN2CCCC[C@H]2C(=O)O)c(OCCOCCN2CCN3CCN(CC2)CC(=O)[O][Al]([F])[O]C(=O)C3)cc1/C=C/c1cccc(-c2ccccc2)c1C. The van der Waals surface area contributed by atoms with Gasteiger partial charge in [0.1, 0.15) is 18.4 Å². The third-order valence-corrected chi connectivity index (χ3v) is 11.9. The standard InChI is InChI=1S/C43H56N4O8.Al.FH/c1-32-27-37(29-47-16-7-6-13-39(47)43(52)53)40(28-36(32)15-14-34-11-8-12-38(33(34)2)35-9-4-3-5-10-35)55-26-25-54-24-23-44-17-19-45(30-41(48)49)21-22-46(20-18-44)31-42(50)51;;/h3-5,8-12,14-15,27-28,39H,6-7,13,16-26,29-31H2,1-2H3,(H,48,49)(H,50,51)(H,52,53);;1H/q;+3;/p-3/b15-14+;;/t39-;;/m0../s1. The van der Waals surface area contributed by atoms with Crippen molar-refractivity contribution in [3.8, 4) is 16.9 Å². The molecule has 3 atom stereocenters. The number of carboxylic acids is 1. The lowest BCUT2D eigenvalue weighted by atomic mass is 9.95. The lowest BCUT2D eigenvalue weighted by Gasteiger charge is -2.33. The second kappa shape index (κ2) is 21.0. The van der Waals surface area contributed by atoms with Crippen molar-refractivity contribution in [2.45, 2.75) is 45.7 Å². The van der Waals surface area contributed by atoms with E-state index in [1.165, 1.54) is 16.7 Å². The number of benzene rings is 3. The maximum absolute atomic E-state index is 14.0. The number of carbonyl (C=O) groups excluding carboxylic acids is 2. The molecule has 3 fully saturated rings. The van der Waals surface area contributed by atoms with E-state index in [0.717, 1.165) is 41.6 Å². The minimum Gasteiger partial charge on any atom is -0.558 e. The van der Waals surface area contributed by atoms with Crippen LogP contribution in [0, 0.1) is 13.8 Å². The lowest BCUT2D eigenvalue weighted by Crippen LogP contribution is -2.44. The fraction of sp³-hybridized carbons (Fsp3) is 0.465. The van der Waals surface area contributed by atoms with E-state index in [-0.39, 0.29) is 13.1 Å². The molecule has 3 aromatic rings. The number of hydrogen-bond acceptors (Lipinski definition) is 11. The molecule has 0 aliphatic carbocycles. The summed E-state index contributed by atoms with van der Waals surface area (Å²) < 4.78 is 36.0. The highest BCUT2D eigenvalue weighted by Gasteiger charge is 2.42. The minimum atomic E-state index is -3.85. The molecule has 3 aromatic carbocycles. The molecule has 2 bridgehead atoms. The van der Waals surface area contributed by atoms with Crippen molar-refractivity contribution >= 4 is 45.3 Å². The number of halogens is 1. The van der Waals surface area contributed by atoms with E-state index in [0.29, 0.717) is 84.3 Å². The number of rotatable bonds is 13. The highest BCUT2D eigenvalue weighted by atomic mass is 27.3. The zero-order valence-corrected chi connectivity index (χ0v) is 34.2. The molecular formula is C43H54AlFN4O8. The molecule has 14 heteroatoms. The van der Waals surface area contributed by atoms with Crippen LogP contribution in [0.25, 0.3) is 23.3 Å². The van der Waals surface area contributed by atoms with Gasteiger partial charge in [-0.3, -0.25) is 34.0 Å².